The molecular formula is C32H38O8. The molecule has 3 heterocycles. The van der Waals surface area contributed by atoms with Gasteiger partial charge < -0.3 is 23.7 Å². The number of hydrogen-bond donors (Lipinski definition) is 0. The lowest BCUT2D eigenvalue weighted by Crippen LogP contribution is -2.56. The highest BCUT2D eigenvalue weighted by molar-refractivity contribution is 5.98. The first-order valence-corrected chi connectivity index (χ1v) is 14.6. The molecule has 1 aromatic rings. The molecular weight excluding hydrogens is 512 g/mol. The van der Waals surface area contributed by atoms with Crippen molar-refractivity contribution >= 4 is 17.7 Å². The lowest BCUT2D eigenvalue weighted by molar-refractivity contribution is -0.215. The summed E-state index contributed by atoms with van der Waals surface area (Å²) in [4.78, 5) is 37.5. The van der Waals surface area contributed by atoms with Gasteiger partial charge in [-0.25, -0.2) is 0 Å². The summed E-state index contributed by atoms with van der Waals surface area (Å²) in [6.07, 6.45) is 6.61. The predicted octanol–water partition coefficient (Wildman–Crippen LogP) is 4.66. The van der Waals surface area contributed by atoms with Gasteiger partial charge in [-0.05, 0) is 81.6 Å². The number of ether oxygens (including phenoxy) is 5. The molecule has 1 unspecified atom stereocenters. The second kappa shape index (κ2) is 8.26. The summed E-state index contributed by atoms with van der Waals surface area (Å²) in [5.74, 6) is 0.0561. The maximum Gasteiger partial charge on any atom is 0.308 e. The molecule has 1 saturated carbocycles. The van der Waals surface area contributed by atoms with E-state index >= 15 is 0 Å². The molecule has 0 aromatic heterocycles. The highest BCUT2D eigenvalue weighted by Crippen LogP contribution is 2.70. The fraction of sp³-hybridized carbons (Fsp3) is 0.656. The molecule has 1 spiro atoms. The number of carbonyl (C=O) groups is 3. The molecule has 40 heavy (non-hydrogen) atoms. The Kier molecular flexibility index (Phi) is 5.45. The van der Waals surface area contributed by atoms with Crippen molar-refractivity contribution in [2.45, 2.75) is 121 Å². The molecule has 0 N–H and O–H groups in total. The van der Waals surface area contributed by atoms with Crippen LogP contribution < -0.4 is 4.74 Å². The number of epoxide rings is 2. The number of hydrogen-bond acceptors (Lipinski definition) is 8. The maximum absolute atomic E-state index is 13.4. The summed E-state index contributed by atoms with van der Waals surface area (Å²) in [6.45, 7) is 10.9. The molecule has 8 heteroatoms. The van der Waals surface area contributed by atoms with Crippen LogP contribution in [-0.2, 0) is 39.8 Å². The van der Waals surface area contributed by atoms with Crippen LogP contribution in [0.2, 0.25) is 0 Å². The van der Waals surface area contributed by atoms with Crippen LogP contribution in [0.15, 0.2) is 24.3 Å². The van der Waals surface area contributed by atoms with Crippen LogP contribution in [0.4, 0.5) is 0 Å². The van der Waals surface area contributed by atoms with Gasteiger partial charge in [0.1, 0.15) is 17.0 Å². The van der Waals surface area contributed by atoms with Crippen LogP contribution in [0.25, 0.3) is 0 Å². The van der Waals surface area contributed by atoms with Crippen LogP contribution in [0.5, 0.6) is 5.75 Å². The Bertz CT molecular complexity index is 1370. The zero-order valence-electron chi connectivity index (χ0n) is 24.1. The van der Waals surface area contributed by atoms with Crippen molar-refractivity contribution in [1.29, 1.82) is 0 Å². The van der Waals surface area contributed by atoms with E-state index in [1.165, 1.54) is 13.8 Å². The lowest BCUT2D eigenvalue weighted by atomic mass is 9.49. The van der Waals surface area contributed by atoms with Gasteiger partial charge in [-0.15, -0.1) is 0 Å². The highest BCUT2D eigenvalue weighted by Gasteiger charge is 2.76. The zero-order chi connectivity index (χ0) is 28.4. The minimum Gasteiger partial charge on any atom is -0.433 e. The first-order valence-electron chi connectivity index (χ1n) is 14.6. The molecule has 3 aliphatic carbocycles. The van der Waals surface area contributed by atoms with E-state index in [0.717, 1.165) is 42.4 Å². The Morgan fingerprint density at radius 3 is 2.62 bits per heavy atom. The van der Waals surface area contributed by atoms with Crippen molar-refractivity contribution in [3.8, 4) is 5.75 Å². The minimum absolute atomic E-state index is 0.0322. The molecule has 0 radical (unpaired) electrons. The summed E-state index contributed by atoms with van der Waals surface area (Å²) >= 11 is 0. The van der Waals surface area contributed by atoms with Crippen molar-refractivity contribution in [2.24, 2.45) is 11.3 Å². The van der Waals surface area contributed by atoms with Crippen LogP contribution in [0.3, 0.4) is 0 Å². The first kappa shape index (κ1) is 26.4. The molecule has 214 valence electrons. The van der Waals surface area contributed by atoms with Crippen molar-refractivity contribution < 1.29 is 38.1 Å². The first-order chi connectivity index (χ1) is 18.8. The molecule has 4 fully saturated rings. The Hall–Kier alpha value is -2.55. The molecule has 7 rings (SSSR count). The Balaban J connectivity index is 1.24. The lowest BCUT2D eigenvalue weighted by Gasteiger charge is -2.51. The van der Waals surface area contributed by atoms with E-state index in [0.29, 0.717) is 12.2 Å². The summed E-state index contributed by atoms with van der Waals surface area (Å²) in [5, 5.41) is 0. The fourth-order valence-corrected chi connectivity index (χ4v) is 8.79. The van der Waals surface area contributed by atoms with E-state index in [2.05, 4.69) is 19.9 Å². The van der Waals surface area contributed by atoms with Crippen molar-refractivity contribution in [3.63, 3.8) is 0 Å². The minimum atomic E-state index is -0.786. The normalized spacial score (nSPS) is 44.6. The van der Waals surface area contributed by atoms with Crippen LogP contribution in [0, 0.1) is 11.3 Å². The summed E-state index contributed by atoms with van der Waals surface area (Å²) < 4.78 is 30.2. The molecule has 10 atom stereocenters. The average Bonchev–Trinajstić information content (AvgIpc) is 3.74. The largest absolute Gasteiger partial charge is 0.433 e. The number of fused-ring (bicyclic) bond motifs is 5. The Morgan fingerprint density at radius 1 is 1.12 bits per heavy atom. The van der Waals surface area contributed by atoms with Gasteiger partial charge in [0.05, 0.1) is 17.6 Å². The quantitative estimate of drug-likeness (QED) is 0.303. The number of aryl methyl sites for hydroxylation is 1. The Labute approximate surface area is 234 Å². The van der Waals surface area contributed by atoms with Crippen molar-refractivity contribution in [2.75, 3.05) is 0 Å². The van der Waals surface area contributed by atoms with E-state index in [1.807, 2.05) is 26.0 Å². The van der Waals surface area contributed by atoms with Crippen LogP contribution in [-0.4, -0.2) is 53.0 Å². The van der Waals surface area contributed by atoms with Crippen molar-refractivity contribution in [1.82, 2.24) is 0 Å². The second-order valence-electron chi connectivity index (χ2n) is 13.4. The van der Waals surface area contributed by atoms with Gasteiger partial charge in [-0.3, -0.25) is 14.4 Å². The van der Waals surface area contributed by atoms with E-state index in [-0.39, 0.29) is 47.3 Å². The molecule has 6 aliphatic rings. The molecule has 1 aromatic carbocycles. The predicted molar refractivity (Wildman–Crippen MR) is 143 cm³/mol. The van der Waals surface area contributed by atoms with Crippen molar-refractivity contribution in [3.05, 3.63) is 41.0 Å². The maximum atomic E-state index is 13.4. The van der Waals surface area contributed by atoms with Gasteiger partial charge in [0.15, 0.2) is 11.4 Å². The third kappa shape index (κ3) is 3.39. The van der Waals surface area contributed by atoms with E-state index in [1.54, 1.807) is 6.08 Å². The average molecular weight is 551 g/mol. The third-order valence-corrected chi connectivity index (χ3v) is 11.3. The number of carbonyl (C=O) groups excluding carboxylic acids is 3. The van der Waals surface area contributed by atoms with Gasteiger partial charge in [0, 0.05) is 31.7 Å². The van der Waals surface area contributed by atoms with Gasteiger partial charge in [0.2, 0.25) is 6.29 Å². The fourth-order valence-electron chi connectivity index (χ4n) is 8.79. The highest BCUT2D eigenvalue weighted by atomic mass is 16.8. The second-order valence-corrected chi connectivity index (χ2v) is 13.4. The van der Waals surface area contributed by atoms with Crippen LogP contribution in [0.1, 0.15) is 95.8 Å². The SMILES string of the molecule is CC(=O)Oc1cc([C@H](C)C2C[C@]3(C)O[C@]3(C)[C@H](OC(C)=O)O2)cc2c1[C@@H]1C[C@@H]3O[C@@]34CC=CC(=O)[C@]4(C)[C@H]1CC2. The third-order valence-electron chi connectivity index (χ3n) is 11.3. The summed E-state index contributed by atoms with van der Waals surface area (Å²) in [5.41, 5.74) is 1.13. The Morgan fingerprint density at radius 2 is 1.90 bits per heavy atom. The monoisotopic (exact) mass is 550 g/mol. The van der Waals surface area contributed by atoms with E-state index < -0.39 is 28.9 Å². The van der Waals surface area contributed by atoms with Gasteiger partial charge in [0.25, 0.3) is 0 Å². The molecule has 0 amide bonds. The van der Waals surface area contributed by atoms with Gasteiger partial charge >= 0.3 is 11.9 Å². The molecule has 0 bridgehead atoms. The zero-order valence-corrected chi connectivity index (χ0v) is 24.1. The molecule has 3 saturated heterocycles. The molecule has 8 nitrogen and oxygen atoms in total. The van der Waals surface area contributed by atoms with E-state index in [9.17, 15) is 14.4 Å². The summed E-state index contributed by atoms with van der Waals surface area (Å²) in [6, 6.07) is 4.19. The number of allylic oxidation sites excluding steroid dienone is 1. The number of rotatable bonds is 4. The van der Waals surface area contributed by atoms with Gasteiger partial charge in [-0.1, -0.05) is 19.1 Å². The number of benzene rings is 1. The van der Waals surface area contributed by atoms with E-state index in [4.69, 9.17) is 23.7 Å². The topological polar surface area (TPSA) is 104 Å². The standard InChI is InChI=1S/C32H38O8/c1-16(24-15-29(4)31(6,40-29)28(38-24)37-18(3)34)20-12-19-9-10-22-21(27(19)23(13-20)36-17(2)33)14-26-32(39-26)11-7-8-25(35)30(22,32)5/h7-8,12-13,16,21-22,24,26,28H,9-11,14-15H2,1-6H3/t16-,21+,22-,24?,26-,28+,29-,30-,31+,32-/m0/s1. The number of esters is 2. The van der Waals surface area contributed by atoms with Crippen LogP contribution >= 0.6 is 0 Å². The molecule has 3 aliphatic heterocycles. The smallest absolute Gasteiger partial charge is 0.308 e. The summed E-state index contributed by atoms with van der Waals surface area (Å²) in [7, 11) is 0. The van der Waals surface area contributed by atoms with Gasteiger partial charge in [-0.2, -0.15) is 0 Å². The number of ketones is 1.